The van der Waals surface area contributed by atoms with Crippen molar-refractivity contribution in [2.24, 2.45) is 17.8 Å². The van der Waals surface area contributed by atoms with Crippen molar-refractivity contribution in [3.05, 3.63) is 69.2 Å². The van der Waals surface area contributed by atoms with Crippen molar-refractivity contribution < 1.29 is 19.2 Å². The van der Waals surface area contributed by atoms with Gasteiger partial charge in [0.25, 0.3) is 11.6 Å². The molecule has 3 unspecified atom stereocenters. The summed E-state index contributed by atoms with van der Waals surface area (Å²) >= 11 is 5.89. The van der Waals surface area contributed by atoms with E-state index in [4.69, 9.17) is 16.3 Å². The molecule has 4 rings (SSSR count). The number of amides is 2. The van der Waals surface area contributed by atoms with Crippen LogP contribution < -0.4 is 15.4 Å². The fraction of sp³-hybridized carbons (Fsp3) is 0.391. The Kier molecular flexibility index (Phi) is 6.32. The third-order valence-corrected chi connectivity index (χ3v) is 6.67. The zero-order valence-corrected chi connectivity index (χ0v) is 18.2. The highest BCUT2D eigenvalue weighted by molar-refractivity contribution is 6.30. The number of hydrogen-bond acceptors (Lipinski definition) is 5. The molecule has 0 aromatic heterocycles. The van der Waals surface area contributed by atoms with Gasteiger partial charge in [0.1, 0.15) is 5.75 Å². The molecule has 2 saturated carbocycles. The molecule has 0 bridgehead atoms. The molecule has 168 valence electrons. The van der Waals surface area contributed by atoms with Crippen LogP contribution in [0, 0.1) is 27.9 Å². The molecule has 8 nitrogen and oxygen atoms in total. The first kappa shape index (κ1) is 22.1. The van der Waals surface area contributed by atoms with Crippen molar-refractivity contribution in [2.75, 3.05) is 0 Å². The number of non-ortho nitro benzene ring substituents is 1. The van der Waals surface area contributed by atoms with Gasteiger partial charge in [0.05, 0.1) is 4.92 Å². The van der Waals surface area contributed by atoms with Crippen molar-refractivity contribution in [3.8, 4) is 5.75 Å². The van der Waals surface area contributed by atoms with Gasteiger partial charge in [-0.3, -0.25) is 14.9 Å². The number of carbonyl (C=O) groups excluding carboxylic acids is 2. The summed E-state index contributed by atoms with van der Waals surface area (Å²) in [5.41, 5.74) is 0.528. The predicted octanol–water partition coefficient (Wildman–Crippen LogP) is 4.57. The van der Waals surface area contributed by atoms with Crippen LogP contribution in [0.25, 0.3) is 0 Å². The van der Waals surface area contributed by atoms with Crippen LogP contribution in [0.3, 0.4) is 0 Å². The SMILES string of the molecule is CCC(NC(=O)c1ccc(Cl)cc1)C1[C@H]2CC(NC(=O)Oc3ccc([N+](=O)[O-])cc3)C[C@@H]12. The summed E-state index contributed by atoms with van der Waals surface area (Å²) in [5.74, 6) is 1.51. The van der Waals surface area contributed by atoms with Gasteiger partial charge in [-0.05, 0) is 73.4 Å². The van der Waals surface area contributed by atoms with E-state index in [2.05, 4.69) is 17.6 Å². The quantitative estimate of drug-likeness (QED) is 0.467. The molecule has 32 heavy (non-hydrogen) atoms. The molecule has 9 heteroatoms. The highest BCUT2D eigenvalue weighted by Gasteiger charge is 2.58. The van der Waals surface area contributed by atoms with Crippen molar-refractivity contribution in [3.63, 3.8) is 0 Å². The fourth-order valence-corrected chi connectivity index (χ4v) is 4.99. The van der Waals surface area contributed by atoms with Crippen molar-refractivity contribution in [2.45, 2.75) is 38.3 Å². The monoisotopic (exact) mass is 457 g/mol. The van der Waals surface area contributed by atoms with E-state index in [-0.39, 0.29) is 29.4 Å². The molecule has 2 aliphatic rings. The Hall–Kier alpha value is -3.13. The van der Waals surface area contributed by atoms with E-state index in [1.165, 1.54) is 24.3 Å². The molecule has 0 radical (unpaired) electrons. The Labute approximate surface area is 190 Å². The lowest BCUT2D eigenvalue weighted by Gasteiger charge is -2.22. The van der Waals surface area contributed by atoms with Gasteiger partial charge in [0.2, 0.25) is 0 Å². The molecule has 2 N–H and O–H groups in total. The Morgan fingerprint density at radius 1 is 1.12 bits per heavy atom. The molecule has 2 amide bonds. The van der Waals surface area contributed by atoms with E-state index in [0.29, 0.717) is 28.3 Å². The highest BCUT2D eigenvalue weighted by atomic mass is 35.5. The Morgan fingerprint density at radius 2 is 1.75 bits per heavy atom. The third kappa shape index (κ3) is 4.85. The van der Waals surface area contributed by atoms with Crippen molar-refractivity contribution in [1.82, 2.24) is 10.6 Å². The second kappa shape index (κ2) is 9.16. The number of hydrogen-bond donors (Lipinski definition) is 2. The first-order valence-corrected chi connectivity index (χ1v) is 11.0. The first-order valence-electron chi connectivity index (χ1n) is 10.6. The normalized spacial score (nSPS) is 24.2. The van der Waals surface area contributed by atoms with E-state index >= 15 is 0 Å². The van der Waals surface area contributed by atoms with E-state index in [0.717, 1.165) is 19.3 Å². The number of ether oxygens (including phenoxy) is 1. The third-order valence-electron chi connectivity index (χ3n) is 6.42. The molecule has 2 fully saturated rings. The average molecular weight is 458 g/mol. The second-order valence-electron chi connectivity index (χ2n) is 8.35. The van der Waals surface area contributed by atoms with Crippen LogP contribution >= 0.6 is 11.6 Å². The van der Waals surface area contributed by atoms with Gasteiger partial charge in [0.15, 0.2) is 0 Å². The minimum absolute atomic E-state index is 0.0243. The summed E-state index contributed by atoms with van der Waals surface area (Å²) in [5, 5.41) is 17.3. The molecule has 2 aromatic rings. The zero-order chi connectivity index (χ0) is 22.8. The van der Waals surface area contributed by atoms with Crippen LogP contribution in [0.1, 0.15) is 36.5 Å². The lowest BCUT2D eigenvalue weighted by molar-refractivity contribution is -0.384. The number of nitro benzene ring substituents is 1. The van der Waals surface area contributed by atoms with Crippen LogP contribution in [0.2, 0.25) is 5.02 Å². The number of carbonyl (C=O) groups is 2. The maximum absolute atomic E-state index is 12.6. The zero-order valence-electron chi connectivity index (χ0n) is 17.5. The summed E-state index contributed by atoms with van der Waals surface area (Å²) in [6.45, 7) is 2.07. The van der Waals surface area contributed by atoms with Gasteiger partial charge >= 0.3 is 6.09 Å². The molecule has 0 heterocycles. The lowest BCUT2D eigenvalue weighted by atomic mass is 9.99. The molecule has 0 aliphatic heterocycles. The molecular weight excluding hydrogens is 434 g/mol. The smallest absolute Gasteiger partial charge is 0.410 e. The maximum atomic E-state index is 12.6. The lowest BCUT2D eigenvalue weighted by Crippen LogP contribution is -2.40. The number of nitro groups is 1. The number of nitrogens with zero attached hydrogens (tertiary/aromatic N) is 1. The highest BCUT2D eigenvalue weighted by Crippen LogP contribution is 2.59. The Morgan fingerprint density at radius 3 is 2.31 bits per heavy atom. The molecule has 0 spiro atoms. The van der Waals surface area contributed by atoms with Gasteiger partial charge in [-0.25, -0.2) is 4.79 Å². The van der Waals surface area contributed by atoms with Gasteiger partial charge in [-0.15, -0.1) is 0 Å². The predicted molar refractivity (Wildman–Crippen MR) is 119 cm³/mol. The topological polar surface area (TPSA) is 111 Å². The minimum Gasteiger partial charge on any atom is -0.410 e. The molecule has 5 atom stereocenters. The summed E-state index contributed by atoms with van der Waals surface area (Å²) in [6.07, 6.45) is 1.97. The van der Waals surface area contributed by atoms with Crippen molar-refractivity contribution >= 4 is 29.3 Å². The minimum atomic E-state index is -0.565. The van der Waals surface area contributed by atoms with Crippen LogP contribution in [0.5, 0.6) is 5.75 Å². The summed E-state index contributed by atoms with van der Waals surface area (Å²) in [7, 11) is 0. The van der Waals surface area contributed by atoms with Crippen molar-refractivity contribution in [1.29, 1.82) is 0 Å². The number of halogens is 1. The van der Waals surface area contributed by atoms with Gasteiger partial charge in [-0.1, -0.05) is 18.5 Å². The Bertz CT molecular complexity index is 999. The summed E-state index contributed by atoms with van der Waals surface area (Å²) in [6, 6.07) is 12.3. The summed E-state index contributed by atoms with van der Waals surface area (Å²) in [4.78, 5) is 34.9. The average Bonchev–Trinajstić information content (AvgIpc) is 3.26. The standard InChI is InChI=1S/C23H24ClN3O5/c1-2-20(26-22(28)13-3-5-14(24)6-4-13)21-18-11-15(12-19(18)21)25-23(29)32-17-9-7-16(8-10-17)27(30)31/h3-10,15,18-21H,2,11-12H2,1H3,(H,25,29)(H,26,28)/t15?,18-,19+,20?,21?. The Balaban J connectivity index is 1.24. The van der Waals surface area contributed by atoms with Gasteiger partial charge in [0, 0.05) is 34.8 Å². The molecule has 0 saturated heterocycles. The van der Waals surface area contributed by atoms with E-state index in [1.807, 2.05) is 0 Å². The first-order chi connectivity index (χ1) is 15.4. The second-order valence-corrected chi connectivity index (χ2v) is 8.79. The van der Waals surface area contributed by atoms with E-state index < -0.39 is 11.0 Å². The summed E-state index contributed by atoms with van der Waals surface area (Å²) < 4.78 is 5.23. The molecule has 2 aromatic carbocycles. The van der Waals surface area contributed by atoms with Crippen LogP contribution in [-0.4, -0.2) is 29.0 Å². The maximum Gasteiger partial charge on any atom is 0.412 e. The fourth-order valence-electron chi connectivity index (χ4n) is 4.87. The van der Waals surface area contributed by atoms with E-state index in [1.54, 1.807) is 24.3 Å². The number of rotatable bonds is 7. The molecule has 2 aliphatic carbocycles. The number of fused-ring (bicyclic) bond motifs is 1. The largest absolute Gasteiger partial charge is 0.412 e. The van der Waals surface area contributed by atoms with Gasteiger partial charge in [-0.2, -0.15) is 0 Å². The van der Waals surface area contributed by atoms with Gasteiger partial charge < -0.3 is 15.4 Å². The van der Waals surface area contributed by atoms with Crippen LogP contribution in [-0.2, 0) is 0 Å². The van der Waals surface area contributed by atoms with Crippen LogP contribution in [0.15, 0.2) is 48.5 Å². The van der Waals surface area contributed by atoms with Crippen LogP contribution in [0.4, 0.5) is 10.5 Å². The molecular formula is C23H24ClN3O5. The number of nitrogens with one attached hydrogen (secondary N) is 2. The van der Waals surface area contributed by atoms with E-state index in [9.17, 15) is 19.7 Å². The number of benzene rings is 2.